The second kappa shape index (κ2) is 7.51. The van der Waals surface area contributed by atoms with E-state index in [9.17, 15) is 4.79 Å². The van der Waals surface area contributed by atoms with Crippen molar-refractivity contribution in [3.8, 4) is 0 Å². The average Bonchev–Trinajstić information content (AvgIpc) is 3.33. The Balaban J connectivity index is 1.43. The maximum absolute atomic E-state index is 12.7. The van der Waals surface area contributed by atoms with Gasteiger partial charge in [0, 0.05) is 30.6 Å². The fraction of sp³-hybridized carbons (Fsp3) is 0.368. The lowest BCUT2D eigenvalue weighted by Gasteiger charge is -2.21. The summed E-state index contributed by atoms with van der Waals surface area (Å²) in [5.74, 6) is 0.782. The molecule has 0 bridgehead atoms. The van der Waals surface area contributed by atoms with Gasteiger partial charge in [-0.3, -0.25) is 19.6 Å². The van der Waals surface area contributed by atoms with E-state index in [1.165, 1.54) is 19.3 Å². The van der Waals surface area contributed by atoms with Gasteiger partial charge in [-0.25, -0.2) is 0 Å². The number of carbonyl (C=O) groups excluding carboxylic acids is 1. The molecular weight excluding hydrogens is 328 g/mol. The predicted octanol–water partition coefficient (Wildman–Crippen LogP) is 3.35. The van der Waals surface area contributed by atoms with Crippen molar-refractivity contribution < 1.29 is 4.79 Å². The molecule has 1 saturated carbocycles. The molecular formula is C19H22N6O. The largest absolute Gasteiger partial charge is 0.305 e. The molecule has 3 aromatic heterocycles. The lowest BCUT2D eigenvalue weighted by Crippen LogP contribution is -2.16. The third kappa shape index (κ3) is 3.66. The number of hydrogen-bond acceptors (Lipinski definition) is 4. The minimum atomic E-state index is -0.159. The normalized spacial score (nSPS) is 15.1. The van der Waals surface area contributed by atoms with E-state index >= 15 is 0 Å². The maximum atomic E-state index is 12.7. The third-order valence-corrected chi connectivity index (χ3v) is 4.90. The van der Waals surface area contributed by atoms with Crippen LogP contribution in [0.4, 0.5) is 5.82 Å². The number of pyridine rings is 1. The molecule has 7 nitrogen and oxygen atoms in total. The Morgan fingerprint density at radius 1 is 1.19 bits per heavy atom. The molecule has 0 aromatic carbocycles. The quantitative estimate of drug-likeness (QED) is 0.738. The van der Waals surface area contributed by atoms with Crippen LogP contribution in [-0.4, -0.2) is 30.9 Å². The Kier molecular flexibility index (Phi) is 4.77. The van der Waals surface area contributed by atoms with E-state index in [0.717, 1.165) is 24.1 Å². The minimum Gasteiger partial charge on any atom is -0.305 e. The van der Waals surface area contributed by atoms with Crippen molar-refractivity contribution in [1.29, 1.82) is 0 Å². The summed E-state index contributed by atoms with van der Waals surface area (Å²) in [5.41, 5.74) is 2.69. The summed E-state index contributed by atoms with van der Waals surface area (Å²) in [6.07, 6.45) is 12.9. The van der Waals surface area contributed by atoms with Gasteiger partial charge >= 0.3 is 0 Å². The molecule has 1 aliphatic rings. The van der Waals surface area contributed by atoms with Crippen molar-refractivity contribution in [2.75, 3.05) is 5.32 Å². The molecule has 0 spiro atoms. The zero-order valence-corrected chi connectivity index (χ0v) is 14.6. The molecule has 0 unspecified atom stereocenters. The molecule has 2 N–H and O–H groups in total. The van der Waals surface area contributed by atoms with Gasteiger partial charge < -0.3 is 5.32 Å². The third-order valence-electron chi connectivity index (χ3n) is 4.90. The first kappa shape index (κ1) is 16.5. The van der Waals surface area contributed by atoms with Crippen LogP contribution in [0.1, 0.15) is 59.6 Å². The van der Waals surface area contributed by atoms with Crippen molar-refractivity contribution in [2.24, 2.45) is 0 Å². The van der Waals surface area contributed by atoms with Gasteiger partial charge in [0.05, 0.1) is 24.0 Å². The smallest absolute Gasteiger partial charge is 0.260 e. The SMILES string of the molecule is O=C(Nc1ccn(Cc2ccncc2)n1)c1cn[nH]c1C1CCCCC1. The van der Waals surface area contributed by atoms with Crippen molar-refractivity contribution in [1.82, 2.24) is 25.0 Å². The van der Waals surface area contributed by atoms with Gasteiger partial charge in [-0.15, -0.1) is 0 Å². The van der Waals surface area contributed by atoms with Gasteiger partial charge in [-0.05, 0) is 30.5 Å². The van der Waals surface area contributed by atoms with Crippen LogP contribution in [0.15, 0.2) is 43.0 Å². The number of carbonyl (C=O) groups is 1. The summed E-state index contributed by atoms with van der Waals surface area (Å²) in [4.78, 5) is 16.7. The zero-order chi connectivity index (χ0) is 17.8. The number of nitrogens with one attached hydrogen (secondary N) is 2. The number of aromatic amines is 1. The molecule has 4 rings (SSSR count). The first-order valence-electron chi connectivity index (χ1n) is 9.06. The number of amides is 1. The lowest BCUT2D eigenvalue weighted by molar-refractivity contribution is 0.102. The molecule has 7 heteroatoms. The maximum Gasteiger partial charge on any atom is 0.260 e. The molecule has 0 saturated heterocycles. The molecule has 0 radical (unpaired) electrons. The van der Waals surface area contributed by atoms with Crippen LogP contribution in [0.5, 0.6) is 0 Å². The molecule has 3 aromatic rings. The molecule has 0 aliphatic heterocycles. The van der Waals surface area contributed by atoms with Crippen LogP contribution >= 0.6 is 0 Å². The Hall–Kier alpha value is -2.96. The standard InChI is InChI=1S/C19H22N6O/c26-19(16-12-21-23-18(16)15-4-2-1-3-5-15)22-17-8-11-25(24-17)13-14-6-9-20-10-7-14/h6-12,15H,1-5,13H2,(H,21,23)(H,22,24,26). The van der Waals surface area contributed by atoms with E-state index in [2.05, 4.69) is 25.6 Å². The molecule has 26 heavy (non-hydrogen) atoms. The van der Waals surface area contributed by atoms with Crippen LogP contribution in [0.2, 0.25) is 0 Å². The van der Waals surface area contributed by atoms with Gasteiger partial charge in [-0.2, -0.15) is 10.2 Å². The van der Waals surface area contributed by atoms with Crippen molar-refractivity contribution >= 4 is 11.7 Å². The summed E-state index contributed by atoms with van der Waals surface area (Å²) < 4.78 is 1.79. The fourth-order valence-corrected chi connectivity index (χ4v) is 3.55. The number of nitrogens with zero attached hydrogens (tertiary/aromatic N) is 4. The van der Waals surface area contributed by atoms with Gasteiger partial charge in [0.15, 0.2) is 5.82 Å². The minimum absolute atomic E-state index is 0.159. The average molecular weight is 350 g/mol. The highest BCUT2D eigenvalue weighted by atomic mass is 16.1. The Bertz CT molecular complexity index is 863. The molecule has 134 valence electrons. The Labute approximate surface area is 151 Å². The van der Waals surface area contributed by atoms with Gasteiger partial charge in [0.25, 0.3) is 5.91 Å². The first-order valence-corrected chi connectivity index (χ1v) is 9.06. The Morgan fingerprint density at radius 2 is 2.00 bits per heavy atom. The van der Waals surface area contributed by atoms with Gasteiger partial charge in [0.2, 0.25) is 0 Å². The monoisotopic (exact) mass is 350 g/mol. The van der Waals surface area contributed by atoms with Crippen molar-refractivity contribution in [3.63, 3.8) is 0 Å². The molecule has 0 atom stereocenters. The van der Waals surface area contributed by atoms with E-state index in [0.29, 0.717) is 23.8 Å². The van der Waals surface area contributed by atoms with Crippen molar-refractivity contribution in [3.05, 3.63) is 59.8 Å². The molecule has 1 fully saturated rings. The predicted molar refractivity (Wildman–Crippen MR) is 97.9 cm³/mol. The summed E-state index contributed by atoms with van der Waals surface area (Å²) in [5, 5.41) is 14.5. The van der Waals surface area contributed by atoms with Crippen LogP contribution in [-0.2, 0) is 6.54 Å². The van der Waals surface area contributed by atoms with E-state index in [4.69, 9.17) is 0 Å². The highest BCUT2D eigenvalue weighted by Crippen LogP contribution is 2.33. The van der Waals surface area contributed by atoms with E-state index in [-0.39, 0.29) is 5.91 Å². The van der Waals surface area contributed by atoms with Crippen LogP contribution in [0.25, 0.3) is 0 Å². The number of anilines is 1. The topological polar surface area (TPSA) is 88.5 Å². The number of H-pyrrole nitrogens is 1. The number of aromatic nitrogens is 5. The number of rotatable bonds is 5. The fourth-order valence-electron chi connectivity index (χ4n) is 3.55. The second-order valence-corrected chi connectivity index (χ2v) is 6.74. The van der Waals surface area contributed by atoms with E-state index < -0.39 is 0 Å². The van der Waals surface area contributed by atoms with E-state index in [1.54, 1.807) is 29.3 Å². The lowest BCUT2D eigenvalue weighted by atomic mass is 9.85. The summed E-state index contributed by atoms with van der Waals surface area (Å²) in [7, 11) is 0. The van der Waals surface area contributed by atoms with Gasteiger partial charge in [0.1, 0.15) is 0 Å². The van der Waals surface area contributed by atoms with Crippen molar-refractivity contribution in [2.45, 2.75) is 44.6 Å². The van der Waals surface area contributed by atoms with Crippen LogP contribution in [0.3, 0.4) is 0 Å². The Morgan fingerprint density at radius 3 is 2.81 bits per heavy atom. The molecule has 1 amide bonds. The van der Waals surface area contributed by atoms with E-state index in [1.807, 2.05) is 18.3 Å². The zero-order valence-electron chi connectivity index (χ0n) is 14.6. The highest BCUT2D eigenvalue weighted by molar-refractivity contribution is 6.04. The first-order chi connectivity index (χ1) is 12.8. The highest BCUT2D eigenvalue weighted by Gasteiger charge is 2.23. The molecule has 1 aliphatic carbocycles. The van der Waals surface area contributed by atoms with Crippen LogP contribution in [0, 0.1) is 0 Å². The van der Waals surface area contributed by atoms with Gasteiger partial charge in [-0.1, -0.05) is 19.3 Å². The summed E-state index contributed by atoms with van der Waals surface area (Å²) in [6, 6.07) is 5.70. The summed E-state index contributed by atoms with van der Waals surface area (Å²) >= 11 is 0. The number of hydrogen-bond donors (Lipinski definition) is 2. The van der Waals surface area contributed by atoms with Crippen LogP contribution < -0.4 is 5.32 Å². The molecule has 3 heterocycles. The second-order valence-electron chi connectivity index (χ2n) is 6.74. The summed E-state index contributed by atoms with van der Waals surface area (Å²) in [6.45, 7) is 0.636.